The molecular formula is C17H24N2O2. The van der Waals surface area contributed by atoms with Crippen molar-refractivity contribution in [1.29, 1.82) is 0 Å². The fraction of sp³-hybridized carbons (Fsp3) is 0.471. The molecule has 2 N–H and O–H groups in total. The molecule has 21 heavy (non-hydrogen) atoms. The predicted molar refractivity (Wildman–Crippen MR) is 85.8 cm³/mol. The van der Waals surface area contributed by atoms with Crippen LogP contribution in [0.3, 0.4) is 0 Å². The molecular weight excluding hydrogens is 264 g/mol. The molecule has 0 aliphatic rings. The Morgan fingerprint density at radius 3 is 2.81 bits per heavy atom. The lowest BCUT2D eigenvalue weighted by atomic mass is 10.1. The molecule has 0 unspecified atom stereocenters. The van der Waals surface area contributed by atoms with Gasteiger partial charge in [0.15, 0.2) is 0 Å². The van der Waals surface area contributed by atoms with Crippen molar-refractivity contribution in [3.05, 3.63) is 29.5 Å². The van der Waals surface area contributed by atoms with Gasteiger partial charge >= 0.3 is 0 Å². The summed E-state index contributed by atoms with van der Waals surface area (Å²) < 4.78 is 5.27. The standard InChI is InChI=1S/C17H24N2O2/c1-11(2)7-8-18-17(20)10-14-12(3)19-16-6-5-13(21-4)9-15(14)16/h5-6,9,11,19H,7-8,10H2,1-4H3,(H,18,20). The lowest BCUT2D eigenvalue weighted by Crippen LogP contribution is -2.27. The van der Waals surface area contributed by atoms with Crippen molar-refractivity contribution in [2.45, 2.75) is 33.6 Å². The van der Waals surface area contributed by atoms with E-state index in [-0.39, 0.29) is 5.91 Å². The summed E-state index contributed by atoms with van der Waals surface area (Å²) in [5.74, 6) is 1.48. The Kier molecular flexibility index (Phi) is 4.89. The summed E-state index contributed by atoms with van der Waals surface area (Å²) in [5, 5.41) is 4.05. The first-order chi connectivity index (χ1) is 10.0. The normalized spacial score (nSPS) is 11.1. The lowest BCUT2D eigenvalue weighted by Gasteiger charge is -2.07. The number of ether oxygens (including phenoxy) is 1. The maximum atomic E-state index is 12.1. The topological polar surface area (TPSA) is 54.1 Å². The summed E-state index contributed by atoms with van der Waals surface area (Å²) >= 11 is 0. The highest BCUT2D eigenvalue weighted by Crippen LogP contribution is 2.26. The number of hydrogen-bond acceptors (Lipinski definition) is 2. The zero-order chi connectivity index (χ0) is 15.4. The van der Waals surface area contributed by atoms with Gasteiger partial charge in [-0.2, -0.15) is 0 Å². The van der Waals surface area contributed by atoms with Crippen molar-refractivity contribution in [3.8, 4) is 5.75 Å². The highest BCUT2D eigenvalue weighted by molar-refractivity contribution is 5.90. The van der Waals surface area contributed by atoms with Crippen molar-refractivity contribution in [2.24, 2.45) is 5.92 Å². The molecule has 2 rings (SSSR count). The number of hydrogen-bond donors (Lipinski definition) is 2. The second-order valence-corrected chi connectivity index (χ2v) is 5.85. The Morgan fingerprint density at radius 2 is 2.14 bits per heavy atom. The van der Waals surface area contributed by atoms with Crippen LogP contribution in [0, 0.1) is 12.8 Å². The zero-order valence-corrected chi connectivity index (χ0v) is 13.2. The average Bonchev–Trinajstić information content (AvgIpc) is 2.74. The Labute approximate surface area is 125 Å². The third-order valence-corrected chi connectivity index (χ3v) is 3.71. The Bertz CT molecular complexity index is 629. The molecule has 1 aromatic carbocycles. The summed E-state index contributed by atoms with van der Waals surface area (Å²) in [6, 6.07) is 5.89. The Hall–Kier alpha value is -1.97. The Balaban J connectivity index is 2.13. The molecule has 0 aliphatic carbocycles. The number of rotatable bonds is 6. The molecule has 1 aromatic heterocycles. The highest BCUT2D eigenvalue weighted by Gasteiger charge is 2.13. The van der Waals surface area contributed by atoms with Crippen LogP contribution < -0.4 is 10.1 Å². The molecule has 0 saturated heterocycles. The third kappa shape index (κ3) is 3.78. The van der Waals surface area contributed by atoms with Crippen LogP contribution >= 0.6 is 0 Å². The van der Waals surface area contributed by atoms with Gasteiger partial charge in [0, 0.05) is 23.1 Å². The van der Waals surface area contributed by atoms with Gasteiger partial charge in [-0.3, -0.25) is 4.79 Å². The van der Waals surface area contributed by atoms with E-state index < -0.39 is 0 Å². The van der Waals surface area contributed by atoms with Gasteiger partial charge in [-0.25, -0.2) is 0 Å². The van der Waals surface area contributed by atoms with Crippen LogP contribution in [0.4, 0.5) is 0 Å². The zero-order valence-electron chi connectivity index (χ0n) is 13.2. The van der Waals surface area contributed by atoms with Gasteiger partial charge in [0.05, 0.1) is 13.5 Å². The molecule has 0 atom stereocenters. The number of benzene rings is 1. The van der Waals surface area contributed by atoms with E-state index in [1.807, 2.05) is 25.1 Å². The lowest BCUT2D eigenvalue weighted by molar-refractivity contribution is -0.120. The number of aromatic amines is 1. The number of amides is 1. The molecule has 1 heterocycles. The fourth-order valence-corrected chi connectivity index (χ4v) is 2.44. The van der Waals surface area contributed by atoms with Crippen LogP contribution in [-0.2, 0) is 11.2 Å². The molecule has 0 radical (unpaired) electrons. The van der Waals surface area contributed by atoms with E-state index in [4.69, 9.17) is 4.74 Å². The van der Waals surface area contributed by atoms with Crippen molar-refractivity contribution in [1.82, 2.24) is 10.3 Å². The second-order valence-electron chi connectivity index (χ2n) is 5.85. The van der Waals surface area contributed by atoms with Crippen molar-refractivity contribution in [2.75, 3.05) is 13.7 Å². The molecule has 0 fully saturated rings. The van der Waals surface area contributed by atoms with Crippen molar-refractivity contribution in [3.63, 3.8) is 0 Å². The van der Waals surface area contributed by atoms with E-state index in [1.54, 1.807) is 7.11 Å². The van der Waals surface area contributed by atoms with Gasteiger partial charge in [-0.1, -0.05) is 13.8 Å². The number of fused-ring (bicyclic) bond motifs is 1. The van der Waals surface area contributed by atoms with E-state index in [1.165, 1.54) is 0 Å². The Morgan fingerprint density at radius 1 is 1.38 bits per heavy atom. The largest absolute Gasteiger partial charge is 0.497 e. The minimum atomic E-state index is 0.0717. The average molecular weight is 288 g/mol. The van der Waals surface area contributed by atoms with Gasteiger partial charge in [0.25, 0.3) is 0 Å². The molecule has 0 spiro atoms. The fourth-order valence-electron chi connectivity index (χ4n) is 2.44. The van der Waals surface area contributed by atoms with Crippen LogP contribution in [0.1, 0.15) is 31.5 Å². The number of aryl methyl sites for hydroxylation is 1. The van der Waals surface area contributed by atoms with Gasteiger partial charge in [0.1, 0.15) is 5.75 Å². The van der Waals surface area contributed by atoms with Gasteiger partial charge < -0.3 is 15.0 Å². The van der Waals surface area contributed by atoms with E-state index in [0.717, 1.165) is 40.9 Å². The smallest absolute Gasteiger partial charge is 0.224 e. The van der Waals surface area contributed by atoms with Gasteiger partial charge in [-0.05, 0) is 43.0 Å². The molecule has 0 saturated carbocycles. The highest BCUT2D eigenvalue weighted by atomic mass is 16.5. The van der Waals surface area contributed by atoms with Crippen molar-refractivity contribution >= 4 is 16.8 Å². The number of aromatic nitrogens is 1. The SMILES string of the molecule is COc1ccc2[nH]c(C)c(CC(=O)NCCC(C)C)c2c1. The number of methoxy groups -OCH3 is 1. The summed E-state index contributed by atoms with van der Waals surface area (Å²) in [4.78, 5) is 15.4. The number of carbonyl (C=O) groups is 1. The summed E-state index contributed by atoms with van der Waals surface area (Å²) in [5.41, 5.74) is 3.13. The second kappa shape index (κ2) is 6.66. The molecule has 114 valence electrons. The number of nitrogens with one attached hydrogen (secondary N) is 2. The van der Waals surface area contributed by atoms with Crippen LogP contribution in [0.2, 0.25) is 0 Å². The first kappa shape index (κ1) is 15.4. The first-order valence-electron chi connectivity index (χ1n) is 7.43. The monoisotopic (exact) mass is 288 g/mol. The minimum absolute atomic E-state index is 0.0717. The van der Waals surface area contributed by atoms with E-state index in [9.17, 15) is 4.79 Å². The maximum Gasteiger partial charge on any atom is 0.224 e. The quantitative estimate of drug-likeness (QED) is 0.857. The maximum absolute atomic E-state index is 12.1. The van der Waals surface area contributed by atoms with Gasteiger partial charge in [0.2, 0.25) is 5.91 Å². The summed E-state index contributed by atoms with van der Waals surface area (Å²) in [7, 11) is 1.65. The van der Waals surface area contributed by atoms with Gasteiger partial charge in [-0.15, -0.1) is 0 Å². The van der Waals surface area contributed by atoms with E-state index in [2.05, 4.69) is 24.1 Å². The summed E-state index contributed by atoms with van der Waals surface area (Å²) in [6.45, 7) is 7.05. The molecule has 0 aliphatic heterocycles. The molecule has 1 amide bonds. The van der Waals surface area contributed by atoms with Crippen molar-refractivity contribution < 1.29 is 9.53 Å². The first-order valence-corrected chi connectivity index (χ1v) is 7.43. The van der Waals surface area contributed by atoms with Crippen LogP contribution in [-0.4, -0.2) is 24.5 Å². The van der Waals surface area contributed by atoms with Crippen LogP contribution in [0.5, 0.6) is 5.75 Å². The van der Waals surface area contributed by atoms with Crippen LogP contribution in [0.25, 0.3) is 10.9 Å². The summed E-state index contributed by atoms with van der Waals surface area (Å²) in [6.07, 6.45) is 1.41. The number of carbonyl (C=O) groups excluding carboxylic acids is 1. The number of H-pyrrole nitrogens is 1. The molecule has 0 bridgehead atoms. The molecule has 2 aromatic rings. The predicted octanol–water partition coefficient (Wildman–Crippen LogP) is 3.19. The third-order valence-electron chi connectivity index (χ3n) is 3.71. The molecule has 4 heteroatoms. The molecule has 4 nitrogen and oxygen atoms in total. The minimum Gasteiger partial charge on any atom is -0.497 e. The van der Waals surface area contributed by atoms with E-state index >= 15 is 0 Å². The van der Waals surface area contributed by atoms with Crippen LogP contribution in [0.15, 0.2) is 18.2 Å². The van der Waals surface area contributed by atoms with E-state index in [0.29, 0.717) is 12.3 Å².